The number of hydrogen-bond donors (Lipinski definition) is 2. The summed E-state index contributed by atoms with van der Waals surface area (Å²) in [6.07, 6.45) is 30.6. The summed E-state index contributed by atoms with van der Waals surface area (Å²) in [4.78, 5) is 34.6. The highest BCUT2D eigenvalue weighted by Gasteiger charge is 2.25. The molecule has 264 valence electrons. The second-order valence-corrected chi connectivity index (χ2v) is 13.2. The van der Waals surface area contributed by atoms with Gasteiger partial charge in [-0.15, -0.1) is 0 Å². The number of rotatable bonds is 33. The van der Waals surface area contributed by atoms with Crippen molar-refractivity contribution in [3.8, 4) is 0 Å². The lowest BCUT2D eigenvalue weighted by atomic mass is 10.1. The van der Waals surface area contributed by atoms with Crippen molar-refractivity contribution in [3.63, 3.8) is 0 Å². The first kappa shape index (κ1) is 43.5. The average molecular weight is 660 g/mol. The van der Waals surface area contributed by atoms with Crippen LogP contribution in [0, 0.1) is 0 Å². The van der Waals surface area contributed by atoms with Crippen molar-refractivity contribution < 1.29 is 37.6 Å². The topological polar surface area (TPSA) is 134 Å². The normalized spacial score (nSPS) is 13.8. The van der Waals surface area contributed by atoms with Crippen molar-refractivity contribution in [2.45, 2.75) is 161 Å². The highest BCUT2D eigenvalue weighted by molar-refractivity contribution is 7.47. The van der Waals surface area contributed by atoms with Gasteiger partial charge >= 0.3 is 19.8 Å². The maximum atomic E-state index is 12.5. The molecule has 0 aliphatic carbocycles. The van der Waals surface area contributed by atoms with Crippen LogP contribution in [-0.4, -0.2) is 49.3 Å². The standard InChI is InChI=1S/C35H66NO8P/c1-3-5-7-9-11-13-15-17-19-21-23-25-27-34(37)41-31-33(32-43-45(39,40)42-30-29-36)44-35(38)28-26-24-22-20-18-16-14-12-10-8-6-4-2/h11-14,33H,3-10,15-32,36H2,1-2H3,(H,39,40)/b13-11-,14-12-/t33-/m1/s1. The van der Waals surface area contributed by atoms with Crippen molar-refractivity contribution >= 4 is 19.8 Å². The Balaban J connectivity index is 4.29. The Labute approximate surface area is 274 Å². The zero-order valence-corrected chi connectivity index (χ0v) is 29.5. The number of phosphoric ester groups is 1. The summed E-state index contributed by atoms with van der Waals surface area (Å²) < 4.78 is 32.5. The molecule has 0 saturated heterocycles. The Morgan fingerprint density at radius 1 is 0.644 bits per heavy atom. The maximum Gasteiger partial charge on any atom is 0.472 e. The lowest BCUT2D eigenvalue weighted by Gasteiger charge is -2.19. The van der Waals surface area contributed by atoms with E-state index in [-0.39, 0.29) is 32.6 Å². The van der Waals surface area contributed by atoms with E-state index in [2.05, 4.69) is 38.2 Å². The highest BCUT2D eigenvalue weighted by Crippen LogP contribution is 2.43. The van der Waals surface area contributed by atoms with E-state index in [4.69, 9.17) is 24.3 Å². The molecule has 0 fully saturated rings. The van der Waals surface area contributed by atoms with Crippen molar-refractivity contribution in [2.75, 3.05) is 26.4 Å². The third kappa shape index (κ3) is 32.2. The van der Waals surface area contributed by atoms with Gasteiger partial charge in [-0.3, -0.25) is 18.6 Å². The lowest BCUT2D eigenvalue weighted by Crippen LogP contribution is -2.29. The zero-order valence-electron chi connectivity index (χ0n) is 28.6. The van der Waals surface area contributed by atoms with Gasteiger partial charge < -0.3 is 20.1 Å². The summed E-state index contributed by atoms with van der Waals surface area (Å²) in [5.74, 6) is -0.852. The summed E-state index contributed by atoms with van der Waals surface area (Å²) in [7, 11) is -4.37. The molecule has 0 radical (unpaired) electrons. The minimum atomic E-state index is -4.37. The molecule has 0 bridgehead atoms. The Kier molecular flexibility index (Phi) is 31.3. The van der Waals surface area contributed by atoms with Gasteiger partial charge in [-0.05, 0) is 64.2 Å². The van der Waals surface area contributed by atoms with Crippen molar-refractivity contribution in [2.24, 2.45) is 5.73 Å². The summed E-state index contributed by atoms with van der Waals surface area (Å²) >= 11 is 0. The van der Waals surface area contributed by atoms with Crippen LogP contribution in [0.25, 0.3) is 0 Å². The molecular formula is C35H66NO8P. The quantitative estimate of drug-likeness (QED) is 0.0306. The Hall–Kier alpha value is -1.51. The van der Waals surface area contributed by atoms with Gasteiger partial charge in [0, 0.05) is 19.4 Å². The summed E-state index contributed by atoms with van der Waals surface area (Å²) in [5.41, 5.74) is 5.32. The van der Waals surface area contributed by atoms with Crippen LogP contribution in [0.3, 0.4) is 0 Å². The first-order chi connectivity index (χ1) is 21.8. The molecule has 9 nitrogen and oxygen atoms in total. The largest absolute Gasteiger partial charge is 0.472 e. The van der Waals surface area contributed by atoms with Crippen molar-refractivity contribution in [1.82, 2.24) is 0 Å². The zero-order chi connectivity index (χ0) is 33.3. The molecule has 3 N–H and O–H groups in total. The van der Waals surface area contributed by atoms with Crippen LogP contribution < -0.4 is 5.73 Å². The first-order valence-electron chi connectivity index (χ1n) is 17.8. The van der Waals surface area contributed by atoms with E-state index in [9.17, 15) is 19.0 Å². The van der Waals surface area contributed by atoms with Crippen molar-refractivity contribution in [1.29, 1.82) is 0 Å². The van der Waals surface area contributed by atoms with Gasteiger partial charge in [0.25, 0.3) is 0 Å². The molecule has 0 aromatic heterocycles. The first-order valence-corrected chi connectivity index (χ1v) is 19.3. The number of unbranched alkanes of at least 4 members (excludes halogenated alkanes) is 16. The molecule has 0 aliphatic heterocycles. The Bertz CT molecular complexity index is 805. The molecule has 0 saturated carbocycles. The van der Waals surface area contributed by atoms with E-state index < -0.39 is 32.5 Å². The summed E-state index contributed by atoms with van der Waals surface area (Å²) in [6, 6.07) is 0. The fourth-order valence-electron chi connectivity index (χ4n) is 4.62. The molecule has 0 heterocycles. The van der Waals surface area contributed by atoms with E-state index in [1.54, 1.807) is 0 Å². The molecule has 2 atom stereocenters. The fraction of sp³-hybridized carbons (Fsp3) is 0.829. The third-order valence-electron chi connectivity index (χ3n) is 7.31. The molecule has 0 aromatic carbocycles. The average Bonchev–Trinajstić information content (AvgIpc) is 3.02. The maximum absolute atomic E-state index is 12.5. The van der Waals surface area contributed by atoms with E-state index in [0.717, 1.165) is 77.0 Å². The highest BCUT2D eigenvalue weighted by atomic mass is 31.2. The number of carbonyl (C=O) groups excluding carboxylic acids is 2. The third-order valence-corrected chi connectivity index (χ3v) is 8.29. The van der Waals surface area contributed by atoms with E-state index >= 15 is 0 Å². The minimum Gasteiger partial charge on any atom is -0.462 e. The second-order valence-electron chi connectivity index (χ2n) is 11.7. The van der Waals surface area contributed by atoms with Crippen LogP contribution >= 0.6 is 7.82 Å². The number of hydrogen-bond acceptors (Lipinski definition) is 8. The monoisotopic (exact) mass is 659 g/mol. The molecule has 45 heavy (non-hydrogen) atoms. The van der Waals surface area contributed by atoms with E-state index in [0.29, 0.717) is 6.42 Å². The van der Waals surface area contributed by atoms with Crippen LogP contribution in [0.15, 0.2) is 24.3 Å². The van der Waals surface area contributed by atoms with Gasteiger partial charge in [0.05, 0.1) is 13.2 Å². The van der Waals surface area contributed by atoms with Gasteiger partial charge in [0.2, 0.25) is 0 Å². The van der Waals surface area contributed by atoms with Gasteiger partial charge in [-0.25, -0.2) is 4.57 Å². The predicted octanol–water partition coefficient (Wildman–Crippen LogP) is 9.27. The lowest BCUT2D eigenvalue weighted by molar-refractivity contribution is -0.161. The molecule has 10 heteroatoms. The molecule has 1 unspecified atom stereocenters. The Morgan fingerprint density at radius 2 is 1.09 bits per heavy atom. The van der Waals surface area contributed by atoms with Crippen LogP contribution in [0.1, 0.15) is 155 Å². The van der Waals surface area contributed by atoms with E-state index in [1.165, 1.54) is 44.9 Å². The number of nitrogens with two attached hydrogens (primary N) is 1. The Morgan fingerprint density at radius 3 is 1.58 bits per heavy atom. The van der Waals surface area contributed by atoms with E-state index in [1.807, 2.05) is 0 Å². The second kappa shape index (κ2) is 32.4. The molecule has 0 aliphatic rings. The SMILES string of the molecule is CCCCC/C=C\CCCCCCCC(=O)OC[C@H](COP(=O)(O)OCCN)OC(=O)CCCCCCC/C=C\CCCCC. The van der Waals surface area contributed by atoms with Gasteiger partial charge in [-0.2, -0.15) is 0 Å². The number of carbonyl (C=O) groups is 2. The van der Waals surface area contributed by atoms with Gasteiger partial charge in [0.15, 0.2) is 6.10 Å². The fourth-order valence-corrected chi connectivity index (χ4v) is 5.39. The predicted molar refractivity (Wildman–Crippen MR) is 183 cm³/mol. The number of esters is 2. The molecular weight excluding hydrogens is 593 g/mol. The molecule has 0 aromatic rings. The van der Waals surface area contributed by atoms with Gasteiger partial charge in [-0.1, -0.05) is 102 Å². The van der Waals surface area contributed by atoms with Crippen LogP contribution in [0.5, 0.6) is 0 Å². The number of ether oxygens (including phenoxy) is 2. The molecule has 0 amide bonds. The molecule has 0 rings (SSSR count). The number of allylic oxidation sites excluding steroid dienone is 4. The van der Waals surface area contributed by atoms with Crippen LogP contribution in [0.2, 0.25) is 0 Å². The van der Waals surface area contributed by atoms with Crippen molar-refractivity contribution in [3.05, 3.63) is 24.3 Å². The van der Waals surface area contributed by atoms with Gasteiger partial charge in [0.1, 0.15) is 6.61 Å². The van der Waals surface area contributed by atoms with Crippen LogP contribution in [-0.2, 0) is 32.7 Å². The number of phosphoric acid groups is 1. The summed E-state index contributed by atoms with van der Waals surface area (Å²) in [5, 5.41) is 0. The van der Waals surface area contributed by atoms with Crippen LogP contribution in [0.4, 0.5) is 0 Å². The summed E-state index contributed by atoms with van der Waals surface area (Å²) in [6.45, 7) is 3.64. The minimum absolute atomic E-state index is 0.0514. The molecule has 0 spiro atoms. The smallest absolute Gasteiger partial charge is 0.462 e.